The Hall–Kier alpha value is -9.00. The van der Waals surface area contributed by atoms with Crippen molar-refractivity contribution < 1.29 is 0 Å². The lowest BCUT2D eigenvalue weighted by Gasteiger charge is -2.30. The zero-order valence-electron chi connectivity index (χ0n) is 44.5. The minimum Gasteiger partial charge on any atom is -0.279 e. The molecule has 0 atom stereocenters. The Morgan fingerprint density at radius 2 is 0.597 bits per heavy atom. The summed E-state index contributed by atoms with van der Waals surface area (Å²) in [4.78, 5) is 23.2. The van der Waals surface area contributed by atoms with Crippen molar-refractivity contribution >= 4 is 59.0 Å². The Bertz CT molecular complexity index is 3610. The molecule has 0 N–H and O–H groups in total. The molecule has 0 saturated heterocycles. The molecule has 10 aromatic rings. The van der Waals surface area contributed by atoms with Crippen LogP contribution in [0.15, 0.2) is 207 Å². The molecular weight excluding hydrogens is 937 g/mol. The third-order valence-corrected chi connectivity index (χ3v) is 16.9. The molecule has 0 radical (unpaired) electrons. The van der Waals surface area contributed by atoms with Gasteiger partial charge in [-0.25, -0.2) is 19.9 Å². The van der Waals surface area contributed by atoms with Gasteiger partial charge in [-0.15, -0.1) is 0 Å². The smallest absolute Gasteiger partial charge is 0.138 e. The van der Waals surface area contributed by atoms with Crippen LogP contribution in [0.1, 0.15) is 110 Å². The Kier molecular flexibility index (Phi) is 11.6. The Labute approximate surface area is 452 Å². The van der Waals surface area contributed by atoms with Gasteiger partial charge in [0.1, 0.15) is 23.3 Å². The highest BCUT2D eigenvalue weighted by Crippen LogP contribution is 2.55. The molecule has 3 aliphatic carbocycles. The third-order valence-electron chi connectivity index (χ3n) is 16.9. The molecule has 0 aliphatic heterocycles. The van der Waals surface area contributed by atoms with Gasteiger partial charge in [0.2, 0.25) is 0 Å². The van der Waals surface area contributed by atoms with Gasteiger partial charge in [0, 0.05) is 52.4 Å². The van der Waals surface area contributed by atoms with Gasteiger partial charge in [0.15, 0.2) is 0 Å². The van der Waals surface area contributed by atoms with Crippen LogP contribution in [-0.2, 0) is 16.2 Å². The van der Waals surface area contributed by atoms with E-state index in [1.54, 1.807) is 0 Å². The maximum Gasteiger partial charge on any atom is 0.138 e. The van der Waals surface area contributed by atoms with Crippen LogP contribution in [0, 0.1) is 0 Å². The molecule has 0 fully saturated rings. The van der Waals surface area contributed by atoms with Crippen molar-refractivity contribution in [1.82, 2.24) is 19.9 Å². The van der Waals surface area contributed by atoms with Crippen LogP contribution in [0.25, 0.3) is 57.7 Å². The van der Waals surface area contributed by atoms with Gasteiger partial charge in [0.25, 0.3) is 0 Å². The molecule has 0 spiro atoms. The summed E-state index contributed by atoms with van der Waals surface area (Å²) < 4.78 is 0. The number of pyridine rings is 4. The van der Waals surface area contributed by atoms with Crippen molar-refractivity contribution in [2.24, 2.45) is 0 Å². The van der Waals surface area contributed by atoms with Gasteiger partial charge >= 0.3 is 0 Å². The monoisotopic (exact) mass is 996 g/mol. The van der Waals surface area contributed by atoms with Crippen LogP contribution in [0.5, 0.6) is 0 Å². The summed E-state index contributed by atoms with van der Waals surface area (Å²) in [5, 5.41) is 0. The fraction of sp³-hybridized carbons (Fsp3) is 0.155. The lowest BCUT2D eigenvalue weighted by Crippen LogP contribution is -2.23. The first-order chi connectivity index (χ1) is 37.6. The number of benzene rings is 6. The van der Waals surface area contributed by atoms with Crippen LogP contribution >= 0.6 is 0 Å². The zero-order valence-corrected chi connectivity index (χ0v) is 44.5. The molecule has 374 valence electrons. The predicted molar refractivity (Wildman–Crippen MR) is 320 cm³/mol. The number of rotatable bonds is 12. The van der Waals surface area contributed by atoms with Gasteiger partial charge in [-0.3, -0.25) is 9.80 Å². The van der Waals surface area contributed by atoms with Crippen LogP contribution in [0.3, 0.4) is 0 Å². The molecule has 0 unspecified atom stereocenters. The van der Waals surface area contributed by atoms with Crippen molar-refractivity contribution in [3.8, 4) is 33.4 Å². The molecular formula is C71H60N6. The van der Waals surface area contributed by atoms with E-state index >= 15 is 0 Å². The quantitative estimate of drug-likeness (QED) is 0.114. The second-order valence-electron chi connectivity index (χ2n) is 21.8. The molecule has 0 saturated carbocycles. The molecule has 3 aliphatic rings. The second-order valence-corrected chi connectivity index (χ2v) is 21.8. The summed E-state index contributed by atoms with van der Waals surface area (Å²) in [6, 6.07) is 65.8. The highest BCUT2D eigenvalue weighted by molar-refractivity contribution is 5.89. The first kappa shape index (κ1) is 47.7. The number of hydrogen-bond acceptors (Lipinski definition) is 6. The van der Waals surface area contributed by atoms with Crippen molar-refractivity contribution in [2.45, 2.75) is 70.6 Å². The van der Waals surface area contributed by atoms with E-state index in [0.29, 0.717) is 0 Å². The van der Waals surface area contributed by atoms with Crippen LogP contribution < -0.4 is 9.80 Å². The van der Waals surface area contributed by atoms with E-state index in [1.807, 2.05) is 97.6 Å². The molecule has 77 heavy (non-hydrogen) atoms. The van der Waals surface area contributed by atoms with Crippen LogP contribution in [0.2, 0.25) is 0 Å². The fourth-order valence-corrected chi connectivity index (χ4v) is 12.8. The van der Waals surface area contributed by atoms with E-state index in [4.69, 9.17) is 19.9 Å². The van der Waals surface area contributed by atoms with Crippen LogP contribution in [-0.4, -0.2) is 19.9 Å². The lowest BCUT2D eigenvalue weighted by atomic mass is 9.73. The van der Waals surface area contributed by atoms with Crippen LogP contribution in [0.4, 0.5) is 34.6 Å². The van der Waals surface area contributed by atoms with E-state index in [1.165, 1.54) is 89.0 Å². The third kappa shape index (κ3) is 7.92. The summed E-state index contributed by atoms with van der Waals surface area (Å²) in [7, 11) is 0. The van der Waals surface area contributed by atoms with Gasteiger partial charge in [-0.2, -0.15) is 0 Å². The molecule has 0 bridgehead atoms. The highest BCUT2D eigenvalue weighted by atomic mass is 15.2. The highest BCUT2D eigenvalue weighted by Gasteiger charge is 2.41. The van der Waals surface area contributed by atoms with E-state index in [-0.39, 0.29) is 16.2 Å². The van der Waals surface area contributed by atoms with Crippen molar-refractivity contribution in [3.05, 3.63) is 262 Å². The van der Waals surface area contributed by atoms with Crippen molar-refractivity contribution in [3.63, 3.8) is 0 Å². The predicted octanol–water partition coefficient (Wildman–Crippen LogP) is 18.2. The first-order valence-corrected chi connectivity index (χ1v) is 27.0. The number of nitrogens with zero attached hydrogens (tertiary/aromatic N) is 6. The largest absolute Gasteiger partial charge is 0.279 e. The SMILES string of the molecule is CCC1(CC)c2cc(C=Cc3ccc4c(c3)C(C)(C)c3cc(N(c5ccccn5)c5ccccn5)ccc3-4)ccc2-c2ccc(C=Cc3ccc4c(c3)C(C)(C)c3cc(N(c5ccccn5)c5ccccn5)ccc3-4)cc21. The van der Waals surface area contributed by atoms with Crippen molar-refractivity contribution in [1.29, 1.82) is 0 Å². The van der Waals surface area contributed by atoms with Crippen molar-refractivity contribution in [2.75, 3.05) is 9.80 Å². The van der Waals surface area contributed by atoms with E-state index in [9.17, 15) is 0 Å². The summed E-state index contributed by atoms with van der Waals surface area (Å²) in [5.74, 6) is 3.34. The number of fused-ring (bicyclic) bond motifs is 9. The number of aromatic nitrogens is 4. The topological polar surface area (TPSA) is 58.0 Å². The average molecular weight is 997 g/mol. The molecule has 6 aromatic carbocycles. The van der Waals surface area contributed by atoms with E-state index in [2.05, 4.69) is 185 Å². The molecule has 0 amide bonds. The summed E-state index contributed by atoms with van der Waals surface area (Å²) >= 11 is 0. The first-order valence-electron chi connectivity index (χ1n) is 27.0. The molecule has 13 rings (SSSR count). The molecule has 4 aromatic heterocycles. The molecule has 4 heterocycles. The number of hydrogen-bond donors (Lipinski definition) is 0. The van der Waals surface area contributed by atoms with Gasteiger partial charge in [0.05, 0.1) is 0 Å². The summed E-state index contributed by atoms with van der Waals surface area (Å²) in [6.45, 7) is 14.1. The van der Waals surface area contributed by atoms with E-state index < -0.39 is 0 Å². The summed E-state index contributed by atoms with van der Waals surface area (Å²) in [6.07, 6.45) is 18.6. The Balaban J connectivity index is 0.750. The van der Waals surface area contributed by atoms with Gasteiger partial charge < -0.3 is 0 Å². The maximum absolute atomic E-state index is 4.73. The fourth-order valence-electron chi connectivity index (χ4n) is 12.8. The Morgan fingerprint density at radius 3 is 0.883 bits per heavy atom. The average Bonchev–Trinajstić information content (AvgIpc) is 4.18. The Morgan fingerprint density at radius 1 is 0.325 bits per heavy atom. The van der Waals surface area contributed by atoms with Gasteiger partial charge in [-0.1, -0.05) is 175 Å². The summed E-state index contributed by atoms with van der Waals surface area (Å²) in [5.41, 5.74) is 22.4. The standard InChI is InChI=1S/C71H60N6/c1-7-71(8-2)63-43-49(23-21-47-25-31-53-55-35-29-51(45-61(55)69(3,4)59(53)41-47)76(65-17-9-13-37-72-65)66-18-10-14-38-73-66)27-33-57(63)58-34-28-50(44-64(58)71)24-22-48-26-32-54-56-36-30-52(46-62(56)70(5,6)60(54)42-48)77(67-19-11-15-39-74-67)68-20-12-16-40-75-68/h9-46H,7-8H2,1-6H3. The van der Waals surface area contributed by atoms with Gasteiger partial charge in [-0.05, 0) is 175 Å². The number of anilines is 6. The minimum atomic E-state index is -0.207. The zero-order chi connectivity index (χ0) is 52.5. The second kappa shape index (κ2) is 18.7. The van der Waals surface area contributed by atoms with E-state index in [0.717, 1.165) is 47.5 Å². The maximum atomic E-state index is 4.73. The molecule has 6 heteroatoms. The minimum absolute atomic E-state index is 0.0751. The normalized spacial score (nSPS) is 14.7. The lowest BCUT2D eigenvalue weighted by molar-refractivity contribution is 0.490. The molecule has 6 nitrogen and oxygen atoms in total.